The third-order valence-electron chi connectivity index (χ3n) is 10.7. The zero-order chi connectivity index (χ0) is 55.9. The molecule has 17 nitrogen and oxygen atoms in total. The van der Waals surface area contributed by atoms with Crippen molar-refractivity contribution >= 4 is 53.1 Å². The summed E-state index contributed by atoms with van der Waals surface area (Å²) in [7, 11) is 3.16. The number of esters is 1. The number of nitrogens with zero attached hydrogens (tertiary/aromatic N) is 2. The maximum atomic E-state index is 12.5. The third-order valence-corrected chi connectivity index (χ3v) is 10.7. The van der Waals surface area contributed by atoms with Crippen molar-refractivity contribution in [2.45, 2.75) is 119 Å². The van der Waals surface area contributed by atoms with Gasteiger partial charge in [0.1, 0.15) is 46.5 Å². The Labute approximate surface area is 434 Å². The number of aryl methyl sites for hydroxylation is 1. The van der Waals surface area contributed by atoms with E-state index in [1.54, 1.807) is 83.5 Å². The topological polar surface area (TPSA) is 243 Å². The molecule has 0 unspecified atom stereocenters. The van der Waals surface area contributed by atoms with Gasteiger partial charge < -0.3 is 50.4 Å². The molecule has 0 atom stereocenters. The van der Waals surface area contributed by atoms with E-state index in [1.165, 1.54) is 17.0 Å². The lowest BCUT2D eigenvalue weighted by Crippen LogP contribution is -2.25. The van der Waals surface area contributed by atoms with Crippen molar-refractivity contribution in [1.29, 1.82) is 0 Å². The number of amides is 4. The fourth-order valence-electron chi connectivity index (χ4n) is 6.69. The first kappa shape index (κ1) is 60.4. The molecular weight excluding hydrogens is 947 g/mol. The van der Waals surface area contributed by atoms with Crippen LogP contribution in [0, 0.1) is 12.8 Å². The first-order valence-corrected chi connectivity index (χ1v) is 24.1. The average Bonchev–Trinajstić information content (AvgIpc) is 3.30. The van der Waals surface area contributed by atoms with Crippen molar-refractivity contribution in [3.63, 3.8) is 0 Å². The summed E-state index contributed by atoms with van der Waals surface area (Å²) in [4.78, 5) is 75.8. The number of rotatable bonds is 13. The number of phenolic OH excluding ortho intramolecular Hbond substituents is 3. The van der Waals surface area contributed by atoms with Crippen LogP contribution in [-0.4, -0.2) is 82.0 Å². The Balaban J connectivity index is 0.000000295. The number of hydrogen-bond acceptors (Lipinski definition) is 13. The van der Waals surface area contributed by atoms with Gasteiger partial charge in [0.15, 0.2) is 0 Å². The van der Waals surface area contributed by atoms with E-state index in [2.05, 4.69) is 20.9 Å². The minimum atomic E-state index is -0.531. The monoisotopic (exact) mass is 1020 g/mol. The van der Waals surface area contributed by atoms with Gasteiger partial charge in [0.2, 0.25) is 11.8 Å². The van der Waals surface area contributed by atoms with E-state index >= 15 is 0 Å². The van der Waals surface area contributed by atoms with Crippen LogP contribution in [0.1, 0.15) is 139 Å². The van der Waals surface area contributed by atoms with Crippen molar-refractivity contribution < 1.29 is 58.3 Å². The van der Waals surface area contributed by atoms with Crippen LogP contribution >= 0.6 is 0 Å². The van der Waals surface area contributed by atoms with E-state index in [0.717, 1.165) is 5.56 Å². The van der Waals surface area contributed by atoms with E-state index in [-0.39, 0.29) is 87.9 Å². The molecule has 1 aromatic heterocycles. The molecule has 0 aliphatic rings. The second-order valence-corrected chi connectivity index (χ2v) is 20.9. The molecule has 0 aliphatic heterocycles. The summed E-state index contributed by atoms with van der Waals surface area (Å²) in [6, 6.07) is 22.3. The number of anilines is 3. The van der Waals surface area contributed by atoms with Gasteiger partial charge in [-0.25, -0.2) is 4.79 Å². The fourth-order valence-corrected chi connectivity index (χ4v) is 6.69. The molecular formula is C57H73N5O12. The molecule has 5 aromatic rings. The molecule has 74 heavy (non-hydrogen) atoms. The average molecular weight is 1020 g/mol. The largest absolute Gasteiger partial charge is 0.505 e. The zero-order valence-electron chi connectivity index (χ0n) is 45.3. The van der Waals surface area contributed by atoms with Crippen LogP contribution in [0.2, 0.25) is 0 Å². The minimum absolute atomic E-state index is 0.0175. The number of benzene rings is 4. The first-order chi connectivity index (χ1) is 34.3. The first-order valence-electron chi connectivity index (χ1n) is 24.1. The van der Waals surface area contributed by atoms with Gasteiger partial charge >= 0.3 is 12.1 Å². The van der Waals surface area contributed by atoms with Gasteiger partial charge in [-0.15, -0.1) is 0 Å². The number of aldehydes is 1. The lowest BCUT2D eigenvalue weighted by Gasteiger charge is -2.24. The van der Waals surface area contributed by atoms with Crippen LogP contribution in [-0.2, 0) is 35.4 Å². The Morgan fingerprint density at radius 1 is 0.662 bits per heavy atom. The maximum Gasteiger partial charge on any atom is 0.414 e. The van der Waals surface area contributed by atoms with Gasteiger partial charge in [0.05, 0.1) is 30.1 Å². The van der Waals surface area contributed by atoms with Crippen LogP contribution in [0.5, 0.6) is 34.5 Å². The molecule has 6 N–H and O–H groups in total. The number of ether oxygens (including phenoxy) is 3. The van der Waals surface area contributed by atoms with Crippen molar-refractivity contribution in [3.8, 4) is 34.5 Å². The predicted octanol–water partition coefficient (Wildman–Crippen LogP) is 11.6. The maximum absolute atomic E-state index is 12.5. The van der Waals surface area contributed by atoms with Gasteiger partial charge in [-0.05, 0) is 84.2 Å². The van der Waals surface area contributed by atoms with E-state index in [1.807, 2.05) is 93.5 Å². The van der Waals surface area contributed by atoms with Gasteiger partial charge in [-0.1, -0.05) is 94.4 Å². The van der Waals surface area contributed by atoms with Crippen molar-refractivity contribution in [2.75, 3.05) is 36.7 Å². The SMILES string of the molecule is CC(C)C(=O)Nc1cc(OC(=O)N(C)C)cc(C(C)(C)C)c1O.CCOC(=O)CCC(=O)Nc1cc(C=O)cc(C(C)(C)C)c1O.Cc1cccc(Oc2cc(NC(=O)c3ccccn3)c(O)c(C(C)(C)C)c2)c1. The standard InChI is InChI=1S/C23H24N2O3.C17H26N2O4.C17H23NO5/c1-15-8-7-9-16(12-15)28-17-13-18(23(2,3)4)21(26)20(14-17)25-22(27)19-10-5-6-11-24-19;1-10(2)15(21)18-13-9-11(23-16(22)19(6)7)8-12(14(13)20)17(3,4)5;1-5-23-15(21)7-6-14(20)18-13-9-11(10-19)8-12(16(13)22)17(2,3)4/h5-14,26H,1-4H3,(H,25,27);8-10,20H,1-7H3,(H,18,21);8-10,22H,5-7H2,1-4H3,(H,18,20). The molecule has 1 heterocycles. The highest BCUT2D eigenvalue weighted by Crippen LogP contribution is 2.42. The van der Waals surface area contributed by atoms with Crippen LogP contribution in [0.25, 0.3) is 0 Å². The lowest BCUT2D eigenvalue weighted by atomic mass is 9.85. The summed E-state index contributed by atoms with van der Waals surface area (Å²) < 4.78 is 16.0. The van der Waals surface area contributed by atoms with Crippen molar-refractivity contribution in [2.24, 2.45) is 5.92 Å². The summed E-state index contributed by atoms with van der Waals surface area (Å²) in [6.45, 7) is 24.9. The van der Waals surface area contributed by atoms with Crippen molar-refractivity contribution in [1.82, 2.24) is 9.88 Å². The van der Waals surface area contributed by atoms with Gasteiger partial charge in [0, 0.05) is 67.0 Å². The van der Waals surface area contributed by atoms with Crippen LogP contribution in [0.15, 0.2) is 85.1 Å². The highest BCUT2D eigenvalue weighted by atomic mass is 16.6. The van der Waals surface area contributed by atoms with E-state index < -0.39 is 29.3 Å². The molecule has 5 rings (SSSR count). The van der Waals surface area contributed by atoms with Gasteiger partial charge in [0.25, 0.3) is 5.91 Å². The number of carbonyl (C=O) groups is 6. The summed E-state index contributed by atoms with van der Waals surface area (Å²) >= 11 is 0. The van der Waals surface area contributed by atoms with Gasteiger partial charge in [-0.2, -0.15) is 0 Å². The van der Waals surface area contributed by atoms with Gasteiger partial charge in [-0.3, -0.25) is 29.0 Å². The Hall–Kier alpha value is -7.95. The summed E-state index contributed by atoms with van der Waals surface area (Å²) in [5, 5.41) is 39.5. The number of aromatic nitrogens is 1. The van der Waals surface area contributed by atoms with Crippen molar-refractivity contribution in [3.05, 3.63) is 119 Å². The molecule has 0 saturated heterocycles. The Morgan fingerprint density at radius 2 is 1.20 bits per heavy atom. The molecule has 0 aliphatic carbocycles. The quantitative estimate of drug-likeness (QED) is 0.0366. The normalized spacial score (nSPS) is 11.1. The summed E-state index contributed by atoms with van der Waals surface area (Å²) in [6.07, 6.45) is 1.57. The number of hydrogen-bond donors (Lipinski definition) is 6. The van der Waals surface area contributed by atoms with Crippen LogP contribution in [0.4, 0.5) is 21.9 Å². The summed E-state index contributed by atoms with van der Waals surface area (Å²) in [5.74, 6) is -0.333. The second kappa shape index (κ2) is 26.1. The fraction of sp³-hybridized carbons (Fsp3) is 0.386. The number of aromatic hydroxyl groups is 3. The molecule has 17 heteroatoms. The molecule has 0 radical (unpaired) electrons. The molecule has 0 spiro atoms. The predicted molar refractivity (Wildman–Crippen MR) is 287 cm³/mol. The van der Waals surface area contributed by atoms with E-state index in [9.17, 15) is 44.1 Å². The number of phenols is 3. The number of pyridine rings is 1. The number of nitrogens with one attached hydrogen (secondary N) is 3. The van der Waals surface area contributed by atoms with Crippen LogP contribution < -0.4 is 25.4 Å². The third kappa shape index (κ3) is 18.3. The molecule has 4 amide bonds. The molecule has 4 aromatic carbocycles. The molecule has 398 valence electrons. The van der Waals surface area contributed by atoms with E-state index in [4.69, 9.17) is 14.2 Å². The highest BCUT2D eigenvalue weighted by Gasteiger charge is 2.26. The lowest BCUT2D eigenvalue weighted by molar-refractivity contribution is -0.144. The Bertz CT molecular complexity index is 2790. The molecule has 0 saturated carbocycles. The summed E-state index contributed by atoms with van der Waals surface area (Å²) in [5.41, 5.74) is 3.07. The molecule has 0 bridgehead atoms. The number of carbonyl (C=O) groups excluding carboxylic acids is 6. The zero-order valence-corrected chi connectivity index (χ0v) is 45.3. The van der Waals surface area contributed by atoms with E-state index in [0.29, 0.717) is 40.0 Å². The smallest absolute Gasteiger partial charge is 0.414 e. The Morgan fingerprint density at radius 3 is 1.70 bits per heavy atom. The van der Waals surface area contributed by atoms with Crippen LogP contribution in [0.3, 0.4) is 0 Å². The minimum Gasteiger partial charge on any atom is -0.505 e. The Kier molecular flexibility index (Phi) is 21.3. The molecule has 0 fully saturated rings. The second-order valence-electron chi connectivity index (χ2n) is 20.9. The highest BCUT2D eigenvalue weighted by molar-refractivity contribution is 6.04.